The summed E-state index contributed by atoms with van der Waals surface area (Å²) in [5.41, 5.74) is 3.14. The number of hydrogen-bond acceptors (Lipinski definition) is 2. The fourth-order valence-electron chi connectivity index (χ4n) is 2.21. The summed E-state index contributed by atoms with van der Waals surface area (Å²) >= 11 is 13.2. The molecule has 112 valence electrons. The van der Waals surface area contributed by atoms with E-state index in [0.29, 0.717) is 0 Å². The molecule has 2 rings (SSSR count). The molecule has 0 aliphatic rings. The largest absolute Gasteiger partial charge is 0.495 e. The predicted molar refractivity (Wildman–Crippen MR) is 96.6 cm³/mol. The van der Waals surface area contributed by atoms with Gasteiger partial charge in [0.05, 0.1) is 18.8 Å². The molecule has 0 amide bonds. The van der Waals surface area contributed by atoms with Crippen molar-refractivity contribution in [3.8, 4) is 5.75 Å². The summed E-state index contributed by atoms with van der Waals surface area (Å²) in [4.78, 5) is 0. The van der Waals surface area contributed by atoms with E-state index in [0.717, 1.165) is 36.5 Å². The minimum absolute atomic E-state index is 0.0689. The molecule has 2 aromatic rings. The number of halogens is 3. The van der Waals surface area contributed by atoms with E-state index in [4.69, 9.17) is 16.3 Å². The van der Waals surface area contributed by atoms with Gasteiger partial charge in [-0.15, -0.1) is 0 Å². The Bertz CT molecular complexity index is 661. The SMILES string of the molecule is COc1cc(Br)cc(C)c1NC(C)c1ccc(Br)cc1Cl. The van der Waals surface area contributed by atoms with Gasteiger partial charge in [0.1, 0.15) is 5.75 Å². The average Bonchev–Trinajstić information content (AvgIpc) is 2.41. The van der Waals surface area contributed by atoms with Crippen LogP contribution in [0.3, 0.4) is 0 Å². The number of ether oxygens (including phenoxy) is 1. The number of benzene rings is 2. The lowest BCUT2D eigenvalue weighted by Gasteiger charge is -2.21. The van der Waals surface area contributed by atoms with Crippen molar-refractivity contribution in [2.75, 3.05) is 12.4 Å². The van der Waals surface area contributed by atoms with Crippen molar-refractivity contribution in [1.29, 1.82) is 0 Å². The summed E-state index contributed by atoms with van der Waals surface area (Å²) in [6.07, 6.45) is 0. The second-order valence-electron chi connectivity index (χ2n) is 4.83. The van der Waals surface area contributed by atoms with Crippen molar-refractivity contribution in [1.82, 2.24) is 0 Å². The molecule has 1 atom stereocenters. The number of nitrogens with one attached hydrogen (secondary N) is 1. The van der Waals surface area contributed by atoms with Gasteiger partial charge in [-0.1, -0.05) is 49.5 Å². The van der Waals surface area contributed by atoms with Crippen molar-refractivity contribution < 1.29 is 4.74 Å². The normalized spacial score (nSPS) is 12.1. The van der Waals surface area contributed by atoms with Crippen LogP contribution in [0.1, 0.15) is 24.1 Å². The summed E-state index contributed by atoms with van der Waals surface area (Å²) in [6, 6.07) is 9.99. The average molecular weight is 434 g/mol. The van der Waals surface area contributed by atoms with Crippen molar-refractivity contribution in [3.05, 3.63) is 55.4 Å². The van der Waals surface area contributed by atoms with Crippen LogP contribution in [-0.2, 0) is 0 Å². The summed E-state index contributed by atoms with van der Waals surface area (Å²) in [5, 5.41) is 4.22. The van der Waals surface area contributed by atoms with Gasteiger partial charge in [0.15, 0.2) is 0 Å². The minimum atomic E-state index is 0.0689. The van der Waals surface area contributed by atoms with Gasteiger partial charge in [-0.3, -0.25) is 0 Å². The topological polar surface area (TPSA) is 21.3 Å². The predicted octanol–water partition coefficient (Wildman–Crippen LogP) is 6.36. The molecule has 2 nitrogen and oxygen atoms in total. The molecule has 0 bridgehead atoms. The molecule has 21 heavy (non-hydrogen) atoms. The first-order valence-electron chi connectivity index (χ1n) is 6.48. The van der Waals surface area contributed by atoms with E-state index < -0.39 is 0 Å². The highest BCUT2D eigenvalue weighted by molar-refractivity contribution is 9.10. The number of methoxy groups -OCH3 is 1. The molecule has 1 N–H and O–H groups in total. The number of aryl methyl sites for hydroxylation is 1. The van der Waals surface area contributed by atoms with Gasteiger partial charge in [0.25, 0.3) is 0 Å². The maximum atomic E-state index is 6.32. The molecule has 2 aromatic carbocycles. The number of rotatable bonds is 4. The van der Waals surface area contributed by atoms with Gasteiger partial charge in [-0.2, -0.15) is 0 Å². The third-order valence-electron chi connectivity index (χ3n) is 3.27. The van der Waals surface area contributed by atoms with E-state index in [-0.39, 0.29) is 6.04 Å². The van der Waals surface area contributed by atoms with Crippen molar-refractivity contribution >= 4 is 49.1 Å². The van der Waals surface area contributed by atoms with Gasteiger partial charge >= 0.3 is 0 Å². The minimum Gasteiger partial charge on any atom is -0.495 e. The summed E-state index contributed by atoms with van der Waals surface area (Å²) in [5.74, 6) is 0.807. The quantitative estimate of drug-likeness (QED) is 0.606. The molecule has 0 radical (unpaired) electrons. The maximum Gasteiger partial charge on any atom is 0.143 e. The molecular weight excluding hydrogens is 417 g/mol. The van der Waals surface area contributed by atoms with Crippen LogP contribution >= 0.6 is 43.5 Å². The van der Waals surface area contributed by atoms with Crippen LogP contribution in [0.15, 0.2) is 39.3 Å². The Hall–Kier alpha value is -0.710. The molecule has 0 saturated heterocycles. The van der Waals surface area contributed by atoms with Crippen LogP contribution in [0.2, 0.25) is 5.02 Å². The highest BCUT2D eigenvalue weighted by Crippen LogP contribution is 2.36. The Balaban J connectivity index is 2.33. The molecule has 0 fully saturated rings. The molecule has 0 spiro atoms. The molecule has 0 saturated carbocycles. The fourth-order valence-corrected chi connectivity index (χ4v) is 3.59. The summed E-state index contributed by atoms with van der Waals surface area (Å²) in [6.45, 7) is 4.13. The highest BCUT2D eigenvalue weighted by atomic mass is 79.9. The Morgan fingerprint density at radius 1 is 1.14 bits per heavy atom. The Kier molecular flexibility index (Phi) is 5.58. The lowest BCUT2D eigenvalue weighted by molar-refractivity contribution is 0.415. The van der Waals surface area contributed by atoms with E-state index in [2.05, 4.69) is 50.2 Å². The molecule has 0 heterocycles. The molecule has 0 aliphatic carbocycles. The molecular formula is C16H16Br2ClNO. The van der Waals surface area contributed by atoms with Crippen LogP contribution in [-0.4, -0.2) is 7.11 Å². The zero-order valence-corrected chi connectivity index (χ0v) is 15.9. The third kappa shape index (κ3) is 3.93. The van der Waals surface area contributed by atoms with Gasteiger partial charge in [0, 0.05) is 14.0 Å². The zero-order chi connectivity index (χ0) is 15.6. The van der Waals surface area contributed by atoms with Crippen molar-refractivity contribution in [2.24, 2.45) is 0 Å². The molecule has 5 heteroatoms. The van der Waals surface area contributed by atoms with Crippen LogP contribution in [0, 0.1) is 6.92 Å². The Labute approximate surface area is 147 Å². The first-order chi connectivity index (χ1) is 9.92. The molecule has 0 aromatic heterocycles. The smallest absolute Gasteiger partial charge is 0.143 e. The monoisotopic (exact) mass is 431 g/mol. The van der Waals surface area contributed by atoms with E-state index in [1.54, 1.807) is 7.11 Å². The van der Waals surface area contributed by atoms with Gasteiger partial charge < -0.3 is 10.1 Å². The van der Waals surface area contributed by atoms with Crippen LogP contribution in [0.5, 0.6) is 5.75 Å². The lowest BCUT2D eigenvalue weighted by atomic mass is 10.1. The standard InChI is InChI=1S/C16H16Br2ClNO/c1-9-6-12(18)8-15(21-3)16(9)20-10(2)13-5-4-11(17)7-14(13)19/h4-8,10,20H,1-3H3. The first kappa shape index (κ1) is 16.7. The van der Waals surface area contributed by atoms with Crippen LogP contribution in [0.4, 0.5) is 5.69 Å². The fraction of sp³-hybridized carbons (Fsp3) is 0.250. The molecule has 1 unspecified atom stereocenters. The maximum absolute atomic E-state index is 6.32. The number of anilines is 1. The number of hydrogen-bond donors (Lipinski definition) is 1. The lowest BCUT2D eigenvalue weighted by Crippen LogP contribution is -2.09. The Morgan fingerprint density at radius 3 is 2.48 bits per heavy atom. The van der Waals surface area contributed by atoms with E-state index in [9.17, 15) is 0 Å². The summed E-state index contributed by atoms with van der Waals surface area (Å²) in [7, 11) is 1.67. The zero-order valence-electron chi connectivity index (χ0n) is 12.0. The van der Waals surface area contributed by atoms with E-state index in [1.807, 2.05) is 31.2 Å². The molecule has 0 aliphatic heterocycles. The highest BCUT2D eigenvalue weighted by Gasteiger charge is 2.14. The van der Waals surface area contributed by atoms with Gasteiger partial charge in [-0.25, -0.2) is 0 Å². The second-order valence-corrected chi connectivity index (χ2v) is 7.07. The third-order valence-corrected chi connectivity index (χ3v) is 4.55. The van der Waals surface area contributed by atoms with Crippen LogP contribution < -0.4 is 10.1 Å². The van der Waals surface area contributed by atoms with E-state index in [1.165, 1.54) is 0 Å². The first-order valence-corrected chi connectivity index (χ1v) is 8.44. The van der Waals surface area contributed by atoms with Crippen LogP contribution in [0.25, 0.3) is 0 Å². The van der Waals surface area contributed by atoms with Crippen molar-refractivity contribution in [2.45, 2.75) is 19.9 Å². The Morgan fingerprint density at radius 2 is 1.86 bits per heavy atom. The second kappa shape index (κ2) is 7.03. The van der Waals surface area contributed by atoms with Gasteiger partial charge in [0.2, 0.25) is 0 Å². The van der Waals surface area contributed by atoms with E-state index >= 15 is 0 Å². The summed E-state index contributed by atoms with van der Waals surface area (Å²) < 4.78 is 7.43. The van der Waals surface area contributed by atoms with Gasteiger partial charge in [-0.05, 0) is 49.2 Å². The van der Waals surface area contributed by atoms with Crippen molar-refractivity contribution in [3.63, 3.8) is 0 Å².